The molecule has 2 aromatic rings. The molecular weight excluding hydrogens is 521 g/mol. The molecule has 200 valence electrons. The zero-order valence-corrected chi connectivity index (χ0v) is 21.0. The zero-order chi connectivity index (χ0) is 27.8. The summed E-state index contributed by atoms with van der Waals surface area (Å²) in [5.74, 6) is -3.89. The van der Waals surface area contributed by atoms with Gasteiger partial charge in [0.25, 0.3) is 5.91 Å². The second-order valence-corrected chi connectivity index (χ2v) is 10.4. The second-order valence-electron chi connectivity index (χ2n) is 8.83. The fourth-order valence-corrected chi connectivity index (χ4v) is 5.31. The van der Waals surface area contributed by atoms with Gasteiger partial charge in [0.1, 0.15) is 16.2 Å². The van der Waals surface area contributed by atoms with E-state index in [1.165, 1.54) is 33.0 Å². The van der Waals surface area contributed by atoms with Crippen molar-refractivity contribution in [3.8, 4) is 5.75 Å². The average Bonchev–Trinajstić information content (AvgIpc) is 2.77. The second kappa shape index (κ2) is 10.1. The number of anilines is 1. The number of carbonyl (C=O) groups is 2. The summed E-state index contributed by atoms with van der Waals surface area (Å²) in [6, 6.07) is 3.14. The lowest BCUT2D eigenvalue weighted by atomic mass is 9.82. The van der Waals surface area contributed by atoms with E-state index in [9.17, 15) is 31.5 Å². The standard InChI is InChI=1S/C23H24F5N5O3S/c1-11-5-13(36-10-23(26,27)28)8-31-17(11)18(34)32-12-6-14(16(25)15(24)7-12)21(2)9-22(3,19(35)30-4)37-20(29)33-21/h5-8H,9-10H2,1-4H3,(H2,29,33)(H,30,35)(H,32,34)/t21-,22+/m0/s1. The molecule has 0 saturated heterocycles. The van der Waals surface area contributed by atoms with E-state index in [4.69, 9.17) is 5.73 Å². The number of nitrogens with zero attached hydrogens (tertiary/aromatic N) is 2. The van der Waals surface area contributed by atoms with Crippen molar-refractivity contribution in [1.82, 2.24) is 10.3 Å². The van der Waals surface area contributed by atoms with Crippen LogP contribution in [0.3, 0.4) is 0 Å². The molecule has 1 aliphatic heterocycles. The van der Waals surface area contributed by atoms with Gasteiger partial charge >= 0.3 is 6.18 Å². The molecule has 2 atom stereocenters. The van der Waals surface area contributed by atoms with Crippen molar-refractivity contribution < 1.29 is 36.3 Å². The third kappa shape index (κ3) is 6.29. The fraction of sp³-hybridized carbons (Fsp3) is 0.391. The van der Waals surface area contributed by atoms with E-state index in [-0.39, 0.29) is 45.8 Å². The Morgan fingerprint density at radius 3 is 2.49 bits per heavy atom. The molecule has 8 nitrogen and oxygen atoms in total. The summed E-state index contributed by atoms with van der Waals surface area (Å²) < 4.78 is 70.2. The van der Waals surface area contributed by atoms with Gasteiger partial charge in [-0.3, -0.25) is 14.6 Å². The summed E-state index contributed by atoms with van der Waals surface area (Å²) in [6.07, 6.45) is -3.63. The minimum Gasteiger partial charge on any atom is -0.482 e. The fourth-order valence-electron chi connectivity index (χ4n) is 4.05. The van der Waals surface area contributed by atoms with Gasteiger partial charge in [0.05, 0.1) is 11.7 Å². The summed E-state index contributed by atoms with van der Waals surface area (Å²) in [5.41, 5.74) is 4.15. The molecule has 0 spiro atoms. The summed E-state index contributed by atoms with van der Waals surface area (Å²) in [4.78, 5) is 33.4. The van der Waals surface area contributed by atoms with Gasteiger partial charge in [-0.15, -0.1) is 0 Å². The van der Waals surface area contributed by atoms with Crippen molar-refractivity contribution in [3.63, 3.8) is 0 Å². The molecule has 0 unspecified atom stereocenters. The van der Waals surface area contributed by atoms with Crippen molar-refractivity contribution in [2.24, 2.45) is 10.7 Å². The van der Waals surface area contributed by atoms with Gasteiger partial charge in [0.15, 0.2) is 23.4 Å². The van der Waals surface area contributed by atoms with Crippen LogP contribution in [0.25, 0.3) is 0 Å². The highest BCUT2D eigenvalue weighted by atomic mass is 32.2. The van der Waals surface area contributed by atoms with Crippen LogP contribution in [-0.4, -0.2) is 46.5 Å². The van der Waals surface area contributed by atoms with Crippen LogP contribution in [0.15, 0.2) is 29.4 Å². The van der Waals surface area contributed by atoms with Crippen LogP contribution in [0.1, 0.15) is 41.9 Å². The first kappa shape index (κ1) is 28.2. The van der Waals surface area contributed by atoms with E-state index in [0.29, 0.717) is 0 Å². The number of amides is 2. The maximum atomic E-state index is 15.0. The predicted molar refractivity (Wildman–Crippen MR) is 128 cm³/mol. The molecule has 1 aromatic heterocycles. The van der Waals surface area contributed by atoms with Crippen molar-refractivity contribution in [1.29, 1.82) is 0 Å². The van der Waals surface area contributed by atoms with Gasteiger partial charge in [0.2, 0.25) is 5.91 Å². The van der Waals surface area contributed by atoms with E-state index in [1.807, 2.05) is 0 Å². The lowest BCUT2D eigenvalue weighted by Gasteiger charge is -2.40. The summed E-state index contributed by atoms with van der Waals surface area (Å²) in [6.45, 7) is 3.00. The summed E-state index contributed by atoms with van der Waals surface area (Å²) in [7, 11) is 1.44. The Morgan fingerprint density at radius 2 is 1.89 bits per heavy atom. The normalized spacial score (nSPS) is 21.7. The zero-order valence-electron chi connectivity index (χ0n) is 20.2. The van der Waals surface area contributed by atoms with Crippen molar-refractivity contribution in [2.45, 2.75) is 43.7 Å². The Morgan fingerprint density at radius 1 is 1.22 bits per heavy atom. The first-order valence-electron chi connectivity index (χ1n) is 10.8. The molecule has 2 amide bonds. The molecular formula is C23H24F5N5O3S. The van der Waals surface area contributed by atoms with Crippen LogP contribution >= 0.6 is 11.8 Å². The van der Waals surface area contributed by atoms with Crippen LogP contribution in [0, 0.1) is 18.6 Å². The minimum absolute atomic E-state index is 0.00162. The average molecular weight is 546 g/mol. The number of aliphatic imine (C=N–C) groups is 1. The number of aryl methyl sites for hydroxylation is 1. The van der Waals surface area contributed by atoms with Crippen molar-refractivity contribution in [3.05, 3.63) is 52.9 Å². The summed E-state index contributed by atoms with van der Waals surface area (Å²) in [5, 5.41) is 4.94. The quantitative estimate of drug-likeness (QED) is 0.472. The monoisotopic (exact) mass is 545 g/mol. The number of hydrogen-bond acceptors (Lipinski definition) is 7. The number of alkyl halides is 3. The van der Waals surface area contributed by atoms with Crippen LogP contribution < -0.4 is 21.1 Å². The molecule has 0 radical (unpaired) electrons. The van der Waals surface area contributed by atoms with E-state index in [2.05, 4.69) is 25.3 Å². The molecule has 3 rings (SSSR count). The topological polar surface area (TPSA) is 119 Å². The molecule has 0 fully saturated rings. The predicted octanol–water partition coefficient (Wildman–Crippen LogP) is 4.03. The van der Waals surface area contributed by atoms with Crippen LogP contribution in [0.5, 0.6) is 5.75 Å². The number of ether oxygens (including phenoxy) is 1. The lowest BCUT2D eigenvalue weighted by Crippen LogP contribution is -2.49. The lowest BCUT2D eigenvalue weighted by molar-refractivity contribution is -0.153. The third-order valence-corrected chi connectivity index (χ3v) is 6.69. The van der Waals surface area contributed by atoms with Gasteiger partial charge in [-0.05, 0) is 38.5 Å². The number of amidine groups is 1. The van der Waals surface area contributed by atoms with Gasteiger partial charge in [-0.2, -0.15) is 13.2 Å². The van der Waals surface area contributed by atoms with Gasteiger partial charge in [-0.25, -0.2) is 13.8 Å². The summed E-state index contributed by atoms with van der Waals surface area (Å²) >= 11 is 0.997. The highest BCUT2D eigenvalue weighted by Crippen LogP contribution is 2.46. The van der Waals surface area contributed by atoms with E-state index < -0.39 is 40.6 Å². The largest absolute Gasteiger partial charge is 0.482 e. The van der Waals surface area contributed by atoms with Gasteiger partial charge in [-0.1, -0.05) is 11.8 Å². The van der Waals surface area contributed by atoms with E-state index in [0.717, 1.165) is 24.0 Å². The SMILES string of the molecule is CNC(=O)[C@@]1(C)C[C@@](C)(c2cc(NC(=O)c3ncc(OCC(F)(F)F)cc3C)cc(F)c2F)N=C(N)S1. The minimum atomic E-state index is -4.55. The number of nitrogens with two attached hydrogens (primary N) is 1. The Bertz CT molecular complexity index is 1270. The molecule has 1 aromatic carbocycles. The van der Waals surface area contributed by atoms with E-state index in [1.54, 1.807) is 6.92 Å². The number of hydrogen-bond donors (Lipinski definition) is 3. The Balaban J connectivity index is 1.91. The van der Waals surface area contributed by atoms with Crippen molar-refractivity contribution >= 4 is 34.4 Å². The molecule has 1 aliphatic rings. The number of benzene rings is 1. The molecule has 0 bridgehead atoms. The highest BCUT2D eigenvalue weighted by molar-refractivity contribution is 8.15. The number of rotatable bonds is 6. The molecule has 0 aliphatic carbocycles. The molecule has 37 heavy (non-hydrogen) atoms. The molecule has 2 heterocycles. The van der Waals surface area contributed by atoms with Gasteiger partial charge < -0.3 is 21.1 Å². The van der Waals surface area contributed by atoms with E-state index >= 15 is 0 Å². The number of halogens is 5. The smallest absolute Gasteiger partial charge is 0.422 e. The number of thioether (sulfide) groups is 1. The van der Waals surface area contributed by atoms with Crippen LogP contribution in [-0.2, 0) is 10.3 Å². The van der Waals surface area contributed by atoms with Crippen LogP contribution in [0.4, 0.5) is 27.6 Å². The number of nitrogens with one attached hydrogen (secondary N) is 2. The van der Waals surface area contributed by atoms with Crippen LogP contribution in [0.2, 0.25) is 0 Å². The Kier molecular flexibility index (Phi) is 7.72. The third-order valence-electron chi connectivity index (χ3n) is 5.61. The number of pyridine rings is 1. The maximum Gasteiger partial charge on any atom is 0.422 e. The first-order valence-corrected chi connectivity index (χ1v) is 11.6. The molecule has 0 saturated carbocycles. The van der Waals surface area contributed by atoms with Crippen molar-refractivity contribution in [2.75, 3.05) is 19.0 Å². The number of aromatic nitrogens is 1. The molecule has 4 N–H and O–H groups in total. The Hall–Kier alpha value is -3.42. The Labute approximate surface area is 213 Å². The maximum absolute atomic E-state index is 15.0. The number of carbonyl (C=O) groups excluding carboxylic acids is 2. The molecule has 14 heteroatoms. The van der Waals surface area contributed by atoms with Gasteiger partial charge in [0, 0.05) is 30.8 Å². The first-order chi connectivity index (χ1) is 17.1. The highest BCUT2D eigenvalue weighted by Gasteiger charge is 2.47.